The highest BCUT2D eigenvalue weighted by molar-refractivity contribution is 6.29. The van der Waals surface area contributed by atoms with Crippen LogP contribution < -0.4 is 5.56 Å². The van der Waals surface area contributed by atoms with E-state index in [9.17, 15) is 9.90 Å². The Kier molecular flexibility index (Phi) is 4.88. The summed E-state index contributed by atoms with van der Waals surface area (Å²) in [7, 11) is 0. The highest BCUT2D eigenvalue weighted by atomic mass is 35.5. The molecule has 0 radical (unpaired) electrons. The summed E-state index contributed by atoms with van der Waals surface area (Å²) in [6.07, 6.45) is 10.4. The van der Waals surface area contributed by atoms with Gasteiger partial charge in [-0.15, -0.1) is 0 Å². The van der Waals surface area contributed by atoms with Crippen LogP contribution in [0.4, 0.5) is 0 Å². The molecular formula is C23H24ClN3O2. The maximum Gasteiger partial charge on any atom is 0.261 e. The highest BCUT2D eigenvalue weighted by Gasteiger charge is 2.27. The van der Waals surface area contributed by atoms with Crippen LogP contribution in [0, 0.1) is 0 Å². The molecular weight excluding hydrogens is 386 g/mol. The molecule has 2 aliphatic rings. The lowest BCUT2D eigenvalue weighted by molar-refractivity contribution is 0.0735. The zero-order valence-electron chi connectivity index (χ0n) is 16.3. The van der Waals surface area contributed by atoms with Crippen molar-refractivity contribution in [1.29, 1.82) is 0 Å². The Balaban J connectivity index is 1.63. The van der Waals surface area contributed by atoms with Crippen LogP contribution in [-0.4, -0.2) is 25.7 Å². The number of aromatic nitrogens is 3. The molecule has 6 heteroatoms. The molecule has 2 unspecified atom stereocenters. The van der Waals surface area contributed by atoms with Crippen LogP contribution in [-0.2, 0) is 19.3 Å². The van der Waals surface area contributed by atoms with Crippen molar-refractivity contribution in [2.24, 2.45) is 0 Å². The summed E-state index contributed by atoms with van der Waals surface area (Å²) < 4.78 is 1.67. The molecule has 2 atom stereocenters. The van der Waals surface area contributed by atoms with Gasteiger partial charge in [-0.05, 0) is 72.9 Å². The van der Waals surface area contributed by atoms with E-state index in [1.807, 2.05) is 12.1 Å². The van der Waals surface area contributed by atoms with Gasteiger partial charge in [0.1, 0.15) is 5.15 Å². The molecule has 1 saturated carbocycles. The van der Waals surface area contributed by atoms with Gasteiger partial charge < -0.3 is 5.11 Å². The van der Waals surface area contributed by atoms with Crippen molar-refractivity contribution in [1.82, 2.24) is 14.5 Å². The number of rotatable bonds is 3. The molecule has 5 nitrogen and oxygen atoms in total. The number of hydrogen-bond donors (Lipinski definition) is 1. The maximum atomic E-state index is 13.4. The second-order valence-electron chi connectivity index (χ2n) is 8.28. The van der Waals surface area contributed by atoms with Crippen LogP contribution in [0.5, 0.6) is 0 Å². The van der Waals surface area contributed by atoms with Crippen molar-refractivity contribution < 1.29 is 5.11 Å². The van der Waals surface area contributed by atoms with Gasteiger partial charge in [0.05, 0.1) is 29.4 Å². The van der Waals surface area contributed by atoms with Crippen molar-refractivity contribution in [2.75, 3.05) is 0 Å². The van der Waals surface area contributed by atoms with Crippen molar-refractivity contribution in [3.63, 3.8) is 0 Å². The molecule has 2 aliphatic carbocycles. The Labute approximate surface area is 174 Å². The minimum Gasteiger partial charge on any atom is -0.391 e. The Morgan fingerprint density at radius 2 is 1.93 bits per heavy atom. The zero-order valence-corrected chi connectivity index (χ0v) is 17.0. The fraction of sp³-hybridized carbons (Fsp3) is 0.435. The topological polar surface area (TPSA) is 68.0 Å². The average Bonchev–Trinajstić information content (AvgIpc) is 3.22. The fourth-order valence-electron chi connectivity index (χ4n) is 5.01. The molecule has 1 aromatic carbocycles. The summed E-state index contributed by atoms with van der Waals surface area (Å²) in [5.74, 6) is 0. The predicted molar refractivity (Wildman–Crippen MR) is 114 cm³/mol. The first-order valence-electron chi connectivity index (χ1n) is 10.4. The SMILES string of the molecule is O=c1c2cc(Cc3ccc(Cl)nc3)c3c(c2ncn1C1CCCCC1O)CCC3. The molecule has 0 spiro atoms. The minimum absolute atomic E-state index is 0.0360. The van der Waals surface area contributed by atoms with Gasteiger partial charge in [0, 0.05) is 6.20 Å². The van der Waals surface area contributed by atoms with Crippen LogP contribution in [0.25, 0.3) is 10.9 Å². The second kappa shape index (κ2) is 7.54. The van der Waals surface area contributed by atoms with Crippen LogP contribution in [0.3, 0.4) is 0 Å². The molecule has 1 fully saturated rings. The zero-order chi connectivity index (χ0) is 20.0. The van der Waals surface area contributed by atoms with E-state index < -0.39 is 6.10 Å². The van der Waals surface area contributed by atoms with E-state index in [0.29, 0.717) is 10.5 Å². The third-order valence-corrected chi connectivity index (χ3v) is 6.70. The molecule has 1 N–H and O–H groups in total. The molecule has 0 amide bonds. The predicted octanol–water partition coefficient (Wildman–Crippen LogP) is 4.00. The Hall–Kier alpha value is -2.24. The lowest BCUT2D eigenvalue weighted by Gasteiger charge is -2.29. The first-order chi connectivity index (χ1) is 14.1. The summed E-state index contributed by atoms with van der Waals surface area (Å²) in [5, 5.41) is 11.6. The number of halogens is 1. The standard InChI is InChI=1S/C23H24ClN3O2/c24-21-9-8-14(12-25-21)10-15-11-18-22(17-5-3-4-16(15)17)26-13-27(23(18)29)19-6-1-2-7-20(19)28/h8-9,11-13,19-20,28H,1-7,10H2. The molecule has 150 valence electrons. The lowest BCUT2D eigenvalue weighted by Crippen LogP contribution is -2.34. The van der Waals surface area contributed by atoms with Crippen LogP contribution in [0.15, 0.2) is 35.5 Å². The monoisotopic (exact) mass is 409 g/mol. The Morgan fingerprint density at radius 3 is 2.72 bits per heavy atom. The normalized spacial score (nSPS) is 21.4. The van der Waals surface area contributed by atoms with Gasteiger partial charge in [-0.2, -0.15) is 0 Å². The molecule has 2 aromatic heterocycles. The first-order valence-corrected chi connectivity index (χ1v) is 10.8. The summed E-state index contributed by atoms with van der Waals surface area (Å²) in [6, 6.07) is 5.64. The van der Waals surface area contributed by atoms with Crippen LogP contribution >= 0.6 is 11.6 Å². The van der Waals surface area contributed by atoms with Gasteiger partial charge in [0.25, 0.3) is 5.56 Å². The molecule has 2 heterocycles. The second-order valence-corrected chi connectivity index (χ2v) is 8.67. The van der Waals surface area contributed by atoms with Gasteiger partial charge in [0.2, 0.25) is 0 Å². The smallest absolute Gasteiger partial charge is 0.261 e. The quantitative estimate of drug-likeness (QED) is 0.664. The first kappa shape index (κ1) is 18.8. The van der Waals surface area contributed by atoms with Gasteiger partial charge in [-0.3, -0.25) is 9.36 Å². The summed E-state index contributed by atoms with van der Waals surface area (Å²) in [4.78, 5) is 22.3. The van der Waals surface area contributed by atoms with Crippen molar-refractivity contribution in [3.8, 4) is 0 Å². The number of aryl methyl sites for hydroxylation is 1. The van der Waals surface area contributed by atoms with Gasteiger partial charge in [-0.25, -0.2) is 9.97 Å². The highest BCUT2D eigenvalue weighted by Crippen LogP contribution is 2.33. The summed E-state index contributed by atoms with van der Waals surface area (Å²) >= 11 is 5.93. The third kappa shape index (κ3) is 3.36. The van der Waals surface area contributed by atoms with E-state index in [1.54, 1.807) is 23.2 Å². The number of hydrogen-bond acceptors (Lipinski definition) is 4. The maximum absolute atomic E-state index is 13.4. The van der Waals surface area contributed by atoms with E-state index in [0.717, 1.165) is 62.4 Å². The van der Waals surface area contributed by atoms with E-state index >= 15 is 0 Å². The number of aliphatic hydroxyl groups excluding tert-OH is 1. The molecule has 0 saturated heterocycles. The molecule has 0 bridgehead atoms. The van der Waals surface area contributed by atoms with Gasteiger partial charge >= 0.3 is 0 Å². The average molecular weight is 410 g/mol. The van der Waals surface area contributed by atoms with Gasteiger partial charge in [-0.1, -0.05) is 30.5 Å². The number of pyridine rings is 1. The van der Waals surface area contributed by atoms with Crippen molar-refractivity contribution >= 4 is 22.5 Å². The number of aliphatic hydroxyl groups is 1. The van der Waals surface area contributed by atoms with E-state index in [2.05, 4.69) is 4.98 Å². The van der Waals surface area contributed by atoms with E-state index in [4.69, 9.17) is 16.6 Å². The van der Waals surface area contributed by atoms with Crippen molar-refractivity contribution in [3.05, 3.63) is 68.5 Å². The number of fused-ring (bicyclic) bond motifs is 3. The molecule has 5 rings (SSSR count). The van der Waals surface area contributed by atoms with Crippen LogP contribution in [0.2, 0.25) is 5.15 Å². The molecule has 29 heavy (non-hydrogen) atoms. The number of nitrogens with zero attached hydrogens (tertiary/aromatic N) is 3. The lowest BCUT2D eigenvalue weighted by atomic mass is 9.92. The van der Waals surface area contributed by atoms with Crippen LogP contribution in [0.1, 0.15) is 60.4 Å². The summed E-state index contributed by atoms with van der Waals surface area (Å²) in [6.45, 7) is 0. The fourth-order valence-corrected chi connectivity index (χ4v) is 5.13. The third-order valence-electron chi connectivity index (χ3n) is 6.48. The molecule has 3 aromatic rings. The largest absolute Gasteiger partial charge is 0.391 e. The Morgan fingerprint density at radius 1 is 1.10 bits per heavy atom. The molecule has 0 aliphatic heterocycles. The van der Waals surface area contributed by atoms with Crippen molar-refractivity contribution in [2.45, 2.75) is 63.5 Å². The minimum atomic E-state index is -0.477. The Bertz CT molecular complexity index is 1120. The summed E-state index contributed by atoms with van der Waals surface area (Å²) in [5.41, 5.74) is 5.60. The van der Waals surface area contributed by atoms with E-state index in [1.165, 1.54) is 16.7 Å². The number of benzene rings is 1. The van der Waals surface area contributed by atoms with E-state index in [-0.39, 0.29) is 11.6 Å². The van der Waals surface area contributed by atoms with Gasteiger partial charge in [0.15, 0.2) is 0 Å².